The van der Waals surface area contributed by atoms with Crippen LogP contribution in [0.1, 0.15) is 0 Å². The van der Waals surface area contributed by atoms with Crippen LogP contribution in [0.5, 0.6) is 0 Å². The molecule has 2 aromatic heterocycles. The van der Waals surface area contributed by atoms with E-state index in [1.807, 2.05) is 0 Å². The predicted octanol–water partition coefficient (Wildman–Crippen LogP) is 5.94. The lowest BCUT2D eigenvalue weighted by Crippen LogP contribution is -1.99. The van der Waals surface area contributed by atoms with Crippen molar-refractivity contribution < 1.29 is 0 Å². The van der Waals surface area contributed by atoms with Gasteiger partial charge in [0.1, 0.15) is 7.85 Å². The van der Waals surface area contributed by atoms with Gasteiger partial charge >= 0.3 is 0 Å². The van der Waals surface area contributed by atoms with Crippen LogP contribution < -0.4 is 5.46 Å². The van der Waals surface area contributed by atoms with Gasteiger partial charge in [-0.15, -0.1) is 0 Å². The Balaban J connectivity index is 1.84. The van der Waals surface area contributed by atoms with E-state index in [1.54, 1.807) is 0 Å². The molecule has 126 valence electrons. The molecule has 0 spiro atoms. The molecular formula is C26H14BN. The quantitative estimate of drug-likeness (QED) is 0.298. The Hall–Kier alpha value is -3.52. The molecule has 7 aromatic rings. The summed E-state index contributed by atoms with van der Waals surface area (Å²) in [5.74, 6) is 0. The Morgan fingerprint density at radius 2 is 0.929 bits per heavy atom. The van der Waals surface area contributed by atoms with E-state index in [2.05, 4.69) is 89.3 Å². The summed E-state index contributed by atoms with van der Waals surface area (Å²) in [7, 11) is 6.35. The highest BCUT2D eigenvalue weighted by molar-refractivity contribution is 6.37. The Morgan fingerprint density at radius 3 is 1.39 bits per heavy atom. The predicted molar refractivity (Wildman–Crippen MR) is 122 cm³/mol. The van der Waals surface area contributed by atoms with Gasteiger partial charge in [-0.25, -0.2) is 0 Å². The van der Waals surface area contributed by atoms with E-state index in [-0.39, 0.29) is 0 Å². The topological polar surface area (TPSA) is 4.41 Å². The number of benzene rings is 5. The molecule has 0 aliphatic rings. The Morgan fingerprint density at radius 1 is 0.500 bits per heavy atom. The molecule has 0 aliphatic heterocycles. The van der Waals surface area contributed by atoms with Crippen molar-refractivity contribution in [2.24, 2.45) is 0 Å². The molecule has 2 heterocycles. The van der Waals surface area contributed by atoms with Crippen LogP contribution in [-0.2, 0) is 0 Å². The summed E-state index contributed by atoms with van der Waals surface area (Å²) in [5, 5.41) is 10.0. The molecule has 0 saturated carbocycles. The first-order valence-electron chi connectivity index (χ1n) is 9.58. The fraction of sp³-hybridized carbons (Fsp3) is 0. The maximum absolute atomic E-state index is 6.35. The normalized spacial score (nSPS) is 12.4. The third-order valence-corrected chi connectivity index (χ3v) is 6.15. The average Bonchev–Trinajstić information content (AvgIpc) is 3.20. The number of fused-ring (bicyclic) bond motifs is 8. The van der Waals surface area contributed by atoms with Crippen LogP contribution >= 0.6 is 0 Å². The van der Waals surface area contributed by atoms with Gasteiger partial charge < -0.3 is 4.40 Å². The van der Waals surface area contributed by atoms with Crippen molar-refractivity contribution in [1.82, 2.24) is 4.40 Å². The second-order valence-electron chi connectivity index (χ2n) is 7.73. The third-order valence-electron chi connectivity index (χ3n) is 6.15. The maximum atomic E-state index is 6.35. The second kappa shape index (κ2) is 4.85. The van der Waals surface area contributed by atoms with Crippen LogP contribution in [-0.4, -0.2) is 12.2 Å². The molecule has 0 saturated heterocycles. The average molecular weight is 351 g/mol. The van der Waals surface area contributed by atoms with Crippen LogP contribution in [0.2, 0.25) is 0 Å². The summed E-state index contributed by atoms with van der Waals surface area (Å²) in [6.07, 6.45) is 0. The van der Waals surface area contributed by atoms with Gasteiger partial charge in [-0.3, -0.25) is 0 Å². The fourth-order valence-corrected chi connectivity index (χ4v) is 4.94. The molecule has 5 aromatic carbocycles. The van der Waals surface area contributed by atoms with E-state index in [4.69, 9.17) is 7.85 Å². The van der Waals surface area contributed by atoms with Gasteiger partial charge in [0.25, 0.3) is 0 Å². The van der Waals surface area contributed by atoms with Crippen molar-refractivity contribution in [3.63, 3.8) is 0 Å². The molecule has 28 heavy (non-hydrogen) atoms. The number of rotatable bonds is 0. The van der Waals surface area contributed by atoms with Crippen LogP contribution in [0.3, 0.4) is 0 Å². The molecule has 2 radical (unpaired) electrons. The molecule has 0 unspecified atom stereocenters. The van der Waals surface area contributed by atoms with Crippen molar-refractivity contribution in [3.8, 4) is 0 Å². The van der Waals surface area contributed by atoms with Gasteiger partial charge in [-0.05, 0) is 45.8 Å². The lowest BCUT2D eigenvalue weighted by atomic mass is 9.92. The van der Waals surface area contributed by atoms with Crippen LogP contribution in [0, 0.1) is 0 Å². The number of aromatic nitrogens is 1. The lowest BCUT2D eigenvalue weighted by Gasteiger charge is -2.03. The maximum Gasteiger partial charge on any atom is 0.113 e. The highest BCUT2D eigenvalue weighted by atomic mass is 14.9. The number of nitrogens with zero attached hydrogens (tertiary/aromatic N) is 1. The zero-order valence-electron chi connectivity index (χ0n) is 15.1. The minimum Gasteiger partial charge on any atom is -0.308 e. The monoisotopic (exact) mass is 351 g/mol. The Bertz CT molecular complexity index is 1600. The van der Waals surface area contributed by atoms with Gasteiger partial charge in [-0.1, -0.05) is 66.1 Å². The molecule has 0 atom stereocenters. The molecule has 0 aliphatic carbocycles. The van der Waals surface area contributed by atoms with Gasteiger partial charge in [-0.2, -0.15) is 0 Å². The van der Waals surface area contributed by atoms with E-state index in [0.717, 1.165) is 5.46 Å². The zero-order chi connectivity index (χ0) is 18.4. The molecule has 7 rings (SSSR count). The first-order valence-corrected chi connectivity index (χ1v) is 9.58. The van der Waals surface area contributed by atoms with E-state index in [1.165, 1.54) is 59.6 Å². The summed E-state index contributed by atoms with van der Waals surface area (Å²) >= 11 is 0. The summed E-state index contributed by atoms with van der Waals surface area (Å²) in [4.78, 5) is 0. The highest BCUT2D eigenvalue weighted by Crippen LogP contribution is 2.40. The molecule has 1 nitrogen and oxygen atoms in total. The van der Waals surface area contributed by atoms with Crippen LogP contribution in [0.25, 0.3) is 59.6 Å². The Kier molecular flexibility index (Phi) is 2.52. The summed E-state index contributed by atoms with van der Waals surface area (Å²) in [6, 6.07) is 30.6. The SMILES string of the molecule is [B]c1cc2c3cc4ccccc4cc3n3c4cc5ccccc5cc4c(c1)c23. The first-order chi connectivity index (χ1) is 13.8. The molecule has 0 fully saturated rings. The van der Waals surface area contributed by atoms with E-state index in [0.29, 0.717) is 0 Å². The molecule has 0 bridgehead atoms. The number of hydrogen-bond donors (Lipinski definition) is 0. The van der Waals surface area contributed by atoms with Crippen molar-refractivity contribution in [1.29, 1.82) is 0 Å². The fourth-order valence-electron chi connectivity index (χ4n) is 4.94. The standard InChI is InChI=1S/C26H14BN/c27-19-13-22-20-9-15-5-1-3-7-17(15)11-24(20)28-25-12-18-8-4-2-6-16(18)10-21(25)23(14-19)26(22)28/h1-14H. The smallest absolute Gasteiger partial charge is 0.113 e. The van der Waals surface area contributed by atoms with E-state index < -0.39 is 0 Å². The lowest BCUT2D eigenvalue weighted by molar-refractivity contribution is 1.38. The number of hydrogen-bond acceptors (Lipinski definition) is 0. The minimum atomic E-state index is 0.815. The van der Waals surface area contributed by atoms with Crippen LogP contribution in [0.4, 0.5) is 0 Å². The summed E-state index contributed by atoms with van der Waals surface area (Å²) in [6.45, 7) is 0. The van der Waals surface area contributed by atoms with Crippen molar-refractivity contribution >= 4 is 72.9 Å². The van der Waals surface area contributed by atoms with Crippen molar-refractivity contribution in [3.05, 3.63) is 84.9 Å². The van der Waals surface area contributed by atoms with Gasteiger partial charge in [0.05, 0.1) is 16.6 Å². The summed E-state index contributed by atoms with van der Waals surface area (Å²) in [5.41, 5.74) is 4.57. The summed E-state index contributed by atoms with van der Waals surface area (Å²) < 4.78 is 2.42. The highest BCUT2D eigenvalue weighted by Gasteiger charge is 2.18. The zero-order valence-corrected chi connectivity index (χ0v) is 15.1. The largest absolute Gasteiger partial charge is 0.308 e. The van der Waals surface area contributed by atoms with Gasteiger partial charge in [0.2, 0.25) is 0 Å². The Labute approximate surface area is 162 Å². The van der Waals surface area contributed by atoms with Crippen molar-refractivity contribution in [2.45, 2.75) is 0 Å². The molecule has 0 N–H and O–H groups in total. The van der Waals surface area contributed by atoms with Gasteiger partial charge in [0.15, 0.2) is 0 Å². The molecular weight excluding hydrogens is 337 g/mol. The van der Waals surface area contributed by atoms with E-state index >= 15 is 0 Å². The first kappa shape index (κ1) is 14.5. The van der Waals surface area contributed by atoms with Crippen molar-refractivity contribution in [2.75, 3.05) is 0 Å². The molecule has 0 amide bonds. The molecule has 2 heteroatoms. The van der Waals surface area contributed by atoms with Gasteiger partial charge in [0, 0.05) is 21.5 Å². The minimum absolute atomic E-state index is 0.815. The third kappa shape index (κ3) is 1.68. The second-order valence-corrected chi connectivity index (χ2v) is 7.73. The van der Waals surface area contributed by atoms with E-state index in [9.17, 15) is 0 Å². The van der Waals surface area contributed by atoms with Crippen LogP contribution in [0.15, 0.2) is 84.9 Å².